The van der Waals surface area contributed by atoms with E-state index in [-0.39, 0.29) is 0 Å². The van der Waals surface area contributed by atoms with E-state index in [9.17, 15) is 0 Å². The molecule has 0 unspecified atom stereocenters. The van der Waals surface area contributed by atoms with Gasteiger partial charge in [-0.3, -0.25) is 0 Å². The average Bonchev–Trinajstić information content (AvgIpc) is 3.76. The third-order valence-electron chi connectivity index (χ3n) is 6.82. The number of aromatic nitrogens is 5. The number of nitrogens with zero attached hydrogens (tertiary/aromatic N) is 3. The zero-order chi connectivity index (χ0) is 23.9. The second kappa shape index (κ2) is 8.40. The molecule has 0 spiro atoms. The van der Waals surface area contributed by atoms with E-state index < -0.39 is 0 Å². The number of benzene rings is 1. The van der Waals surface area contributed by atoms with E-state index in [1.165, 1.54) is 11.3 Å². The highest BCUT2D eigenvalue weighted by Gasteiger charge is 2.15. The fourth-order valence-corrected chi connectivity index (χ4v) is 5.14. The second-order valence-electron chi connectivity index (χ2n) is 8.99. The highest BCUT2D eigenvalue weighted by molar-refractivity contribution is 5.76. The lowest BCUT2D eigenvalue weighted by Gasteiger charge is -2.18. The molecule has 2 N–H and O–H groups in total. The minimum absolute atomic E-state index is 0.985. The summed E-state index contributed by atoms with van der Waals surface area (Å²) in [6.07, 6.45) is 22.1. The molecule has 5 heterocycles. The minimum atomic E-state index is 0.985. The maximum Gasteiger partial charge on any atom is 0.0543 e. The van der Waals surface area contributed by atoms with Gasteiger partial charge in [0.2, 0.25) is 0 Å². The van der Waals surface area contributed by atoms with Crippen molar-refractivity contribution in [2.45, 2.75) is 6.42 Å². The first kappa shape index (κ1) is 20.5. The summed E-state index contributed by atoms with van der Waals surface area (Å²) in [6.45, 7) is 0. The quantitative estimate of drug-likeness (QED) is 0.257. The molecule has 1 aromatic carbocycles. The second-order valence-corrected chi connectivity index (χ2v) is 8.99. The van der Waals surface area contributed by atoms with Gasteiger partial charge in [0.15, 0.2) is 0 Å². The minimum Gasteiger partial charge on any atom is -0.367 e. The fourth-order valence-electron chi connectivity index (χ4n) is 5.14. The van der Waals surface area contributed by atoms with E-state index in [4.69, 9.17) is 0 Å². The lowest BCUT2D eigenvalue weighted by Crippen LogP contribution is -2.04. The Morgan fingerprint density at radius 1 is 0.583 bits per heavy atom. The van der Waals surface area contributed by atoms with Gasteiger partial charge in [0.25, 0.3) is 0 Å². The van der Waals surface area contributed by atoms with Gasteiger partial charge in [-0.25, -0.2) is 0 Å². The van der Waals surface area contributed by atoms with Crippen molar-refractivity contribution in [3.05, 3.63) is 134 Å². The van der Waals surface area contributed by atoms with Crippen LogP contribution in [0.25, 0.3) is 45.2 Å². The Labute approximate surface area is 209 Å². The molecule has 0 bridgehead atoms. The Kier molecular flexibility index (Phi) is 4.77. The summed E-state index contributed by atoms with van der Waals surface area (Å²) in [7, 11) is 0. The van der Waals surface area contributed by atoms with Crippen LogP contribution >= 0.6 is 0 Å². The summed E-state index contributed by atoms with van der Waals surface area (Å²) in [5, 5.41) is 0. The van der Waals surface area contributed by atoms with Crippen molar-refractivity contribution in [3.8, 4) is 39.6 Å². The summed E-state index contributed by atoms with van der Waals surface area (Å²) in [4.78, 5) is 6.38. The van der Waals surface area contributed by atoms with Gasteiger partial charge in [-0.2, -0.15) is 0 Å². The molecule has 5 nitrogen and oxygen atoms in total. The van der Waals surface area contributed by atoms with Crippen LogP contribution < -0.4 is 0 Å². The molecule has 0 amide bonds. The molecule has 7 rings (SSSR count). The van der Waals surface area contributed by atoms with E-state index in [1.54, 1.807) is 0 Å². The predicted octanol–water partition coefficient (Wildman–Crippen LogP) is 7.39. The topological polar surface area (TPSA) is 46.4 Å². The van der Waals surface area contributed by atoms with Gasteiger partial charge in [-0.15, -0.1) is 0 Å². The largest absolute Gasteiger partial charge is 0.367 e. The van der Waals surface area contributed by atoms with E-state index in [0.717, 1.165) is 46.0 Å². The van der Waals surface area contributed by atoms with Crippen molar-refractivity contribution in [3.63, 3.8) is 0 Å². The van der Waals surface area contributed by atoms with E-state index in [0.29, 0.717) is 0 Å². The summed E-state index contributed by atoms with van der Waals surface area (Å²) in [6, 6.07) is 23.8. The normalized spacial score (nSPS) is 12.9. The first-order chi connectivity index (χ1) is 17.8. The number of aromatic amines is 2. The SMILES string of the molecule is C1=CC(c2cccn2-c2cc(-n3cccc3-c3cc[nH]c3)cc(-n3cccc3-c3cc[nH]c3)c2)=CC1. The number of H-pyrrole nitrogens is 2. The van der Waals surface area contributed by atoms with Crippen molar-refractivity contribution in [1.82, 2.24) is 23.7 Å². The Balaban J connectivity index is 1.44. The summed E-state index contributed by atoms with van der Waals surface area (Å²) in [5.41, 5.74) is 10.4. The van der Waals surface area contributed by atoms with Crippen molar-refractivity contribution < 1.29 is 0 Å². The summed E-state index contributed by atoms with van der Waals surface area (Å²) < 4.78 is 6.80. The van der Waals surface area contributed by atoms with Crippen LogP contribution in [0.15, 0.2) is 128 Å². The zero-order valence-electron chi connectivity index (χ0n) is 19.7. The van der Waals surface area contributed by atoms with Gasteiger partial charge in [-0.1, -0.05) is 18.2 Å². The van der Waals surface area contributed by atoms with Crippen LogP contribution in [0.5, 0.6) is 0 Å². The van der Waals surface area contributed by atoms with Crippen molar-refractivity contribution >= 4 is 5.57 Å². The van der Waals surface area contributed by atoms with E-state index in [1.807, 2.05) is 24.8 Å². The van der Waals surface area contributed by atoms with Crippen LogP contribution in [0, 0.1) is 0 Å². The predicted molar refractivity (Wildman–Crippen MR) is 146 cm³/mol. The molecule has 1 aliphatic rings. The first-order valence-corrected chi connectivity index (χ1v) is 12.2. The van der Waals surface area contributed by atoms with Crippen LogP contribution in [0.3, 0.4) is 0 Å². The molecular formula is C31H25N5. The number of allylic oxidation sites excluding steroid dienone is 4. The molecule has 0 atom stereocenters. The van der Waals surface area contributed by atoms with Crippen LogP contribution in [-0.2, 0) is 0 Å². The third kappa shape index (κ3) is 3.41. The molecule has 6 aromatic rings. The van der Waals surface area contributed by atoms with Gasteiger partial charge < -0.3 is 23.7 Å². The Morgan fingerprint density at radius 2 is 1.08 bits per heavy atom. The van der Waals surface area contributed by atoms with E-state index >= 15 is 0 Å². The van der Waals surface area contributed by atoms with Crippen molar-refractivity contribution in [2.75, 3.05) is 0 Å². The lowest BCUT2D eigenvalue weighted by atomic mass is 10.1. The molecule has 5 heteroatoms. The molecular weight excluding hydrogens is 442 g/mol. The maximum atomic E-state index is 3.19. The van der Waals surface area contributed by atoms with Crippen LogP contribution in [0.1, 0.15) is 12.1 Å². The van der Waals surface area contributed by atoms with Crippen molar-refractivity contribution in [1.29, 1.82) is 0 Å². The van der Waals surface area contributed by atoms with Crippen LogP contribution in [-0.4, -0.2) is 23.7 Å². The smallest absolute Gasteiger partial charge is 0.0543 e. The van der Waals surface area contributed by atoms with E-state index in [2.05, 4.69) is 127 Å². The van der Waals surface area contributed by atoms with Crippen LogP contribution in [0.4, 0.5) is 0 Å². The standard InChI is InChI=1S/C31H25N5/c1-2-7-23(6-1)29-8-3-15-34(29)26-18-27(35-16-4-9-30(35)24-11-13-32-21-24)20-28(19-26)36-17-5-10-31(36)25-12-14-33-22-25/h1,3-22,32-33H,2H2. The number of rotatable bonds is 6. The third-order valence-corrected chi connectivity index (χ3v) is 6.82. The van der Waals surface area contributed by atoms with Crippen molar-refractivity contribution in [2.24, 2.45) is 0 Å². The maximum absolute atomic E-state index is 3.19. The van der Waals surface area contributed by atoms with Gasteiger partial charge in [0, 0.05) is 71.6 Å². The Hall–Kier alpha value is -4.90. The molecule has 5 aromatic heterocycles. The fraction of sp³-hybridized carbons (Fsp3) is 0.0323. The molecule has 36 heavy (non-hydrogen) atoms. The summed E-state index contributed by atoms with van der Waals surface area (Å²) >= 11 is 0. The molecule has 0 saturated carbocycles. The van der Waals surface area contributed by atoms with Gasteiger partial charge in [0.05, 0.1) is 17.1 Å². The van der Waals surface area contributed by atoms with Crippen LogP contribution in [0.2, 0.25) is 0 Å². The average molecular weight is 468 g/mol. The Morgan fingerprint density at radius 3 is 1.53 bits per heavy atom. The number of hydrogen-bond acceptors (Lipinski definition) is 0. The lowest BCUT2D eigenvalue weighted by molar-refractivity contribution is 1.01. The van der Waals surface area contributed by atoms with Gasteiger partial charge >= 0.3 is 0 Å². The Bertz CT molecular complexity index is 1610. The molecule has 1 aliphatic carbocycles. The monoisotopic (exact) mass is 467 g/mol. The molecule has 0 radical (unpaired) electrons. The van der Waals surface area contributed by atoms with Gasteiger partial charge in [-0.05, 0) is 78.7 Å². The molecule has 0 aliphatic heterocycles. The number of nitrogens with one attached hydrogen (secondary N) is 2. The molecule has 0 saturated heterocycles. The first-order valence-electron chi connectivity index (χ1n) is 12.2. The molecule has 174 valence electrons. The highest BCUT2D eigenvalue weighted by atomic mass is 15.0. The van der Waals surface area contributed by atoms with Gasteiger partial charge in [0.1, 0.15) is 0 Å². The number of hydrogen-bond donors (Lipinski definition) is 2. The summed E-state index contributed by atoms with van der Waals surface area (Å²) in [5.74, 6) is 0. The molecule has 0 fully saturated rings. The zero-order valence-corrected chi connectivity index (χ0v) is 19.7. The highest BCUT2D eigenvalue weighted by Crippen LogP contribution is 2.32.